The first-order chi connectivity index (χ1) is 13.6. The van der Waals surface area contributed by atoms with Gasteiger partial charge in [-0.2, -0.15) is 0 Å². The second-order valence-electron chi connectivity index (χ2n) is 6.60. The van der Waals surface area contributed by atoms with Crippen molar-refractivity contribution < 1.29 is 14.3 Å². The van der Waals surface area contributed by atoms with Crippen LogP contribution in [0.25, 0.3) is 0 Å². The van der Waals surface area contributed by atoms with Crippen molar-refractivity contribution in [1.82, 2.24) is 5.32 Å². The van der Waals surface area contributed by atoms with Gasteiger partial charge in [0.1, 0.15) is 5.84 Å². The fourth-order valence-corrected chi connectivity index (χ4v) is 3.26. The number of carbonyl (C=O) groups excluding carboxylic acids is 1. The Balaban J connectivity index is 0.00000300. The van der Waals surface area contributed by atoms with Gasteiger partial charge in [0.15, 0.2) is 6.10 Å². The molecule has 2 aromatic rings. The summed E-state index contributed by atoms with van der Waals surface area (Å²) >= 11 is 0. The Bertz CT molecular complexity index is 823. The summed E-state index contributed by atoms with van der Waals surface area (Å²) in [4.78, 5) is 15.0. The van der Waals surface area contributed by atoms with Gasteiger partial charge < -0.3 is 25.4 Å². The first-order valence-electron chi connectivity index (χ1n) is 9.25. The minimum absolute atomic E-state index is 0. The van der Waals surface area contributed by atoms with Crippen molar-refractivity contribution in [2.75, 3.05) is 38.3 Å². The van der Waals surface area contributed by atoms with Crippen LogP contribution in [0.1, 0.15) is 22.8 Å². The number of hydrogen-bond donors (Lipinski definition) is 3. The van der Waals surface area contributed by atoms with Crippen LogP contribution in [0, 0.1) is 5.41 Å². The van der Waals surface area contributed by atoms with E-state index >= 15 is 0 Å². The van der Waals surface area contributed by atoms with Gasteiger partial charge in [-0.15, -0.1) is 12.4 Å². The zero-order valence-electron chi connectivity index (χ0n) is 16.4. The van der Waals surface area contributed by atoms with Gasteiger partial charge in [0.2, 0.25) is 0 Å². The molecule has 8 heteroatoms. The quantitative estimate of drug-likeness (QED) is 0.473. The van der Waals surface area contributed by atoms with Crippen LogP contribution in [0.5, 0.6) is 0 Å². The lowest BCUT2D eigenvalue weighted by Crippen LogP contribution is -2.38. The van der Waals surface area contributed by atoms with Crippen LogP contribution in [0.4, 0.5) is 5.69 Å². The third-order valence-corrected chi connectivity index (χ3v) is 4.78. The van der Waals surface area contributed by atoms with Gasteiger partial charge in [0, 0.05) is 43.6 Å². The van der Waals surface area contributed by atoms with Gasteiger partial charge in [-0.25, -0.2) is 0 Å². The van der Waals surface area contributed by atoms with Crippen LogP contribution in [-0.4, -0.2) is 45.2 Å². The maximum Gasteiger partial charge on any atom is 0.254 e. The molecule has 0 bridgehead atoms. The predicted molar refractivity (Wildman–Crippen MR) is 116 cm³/mol. The summed E-state index contributed by atoms with van der Waals surface area (Å²) in [7, 11) is 1.54. The predicted octanol–water partition coefficient (Wildman–Crippen LogP) is 2.23. The molecule has 0 radical (unpaired) electrons. The number of nitrogens with zero attached hydrogens (tertiary/aromatic N) is 1. The number of nitrogens with two attached hydrogens (primary N) is 1. The molecule has 1 amide bonds. The van der Waals surface area contributed by atoms with Crippen LogP contribution in [0.3, 0.4) is 0 Å². The van der Waals surface area contributed by atoms with E-state index in [0.29, 0.717) is 25.3 Å². The lowest BCUT2D eigenvalue weighted by atomic mass is 10.0. The molecule has 1 atom stereocenters. The maximum atomic E-state index is 12.8. The van der Waals surface area contributed by atoms with Gasteiger partial charge in [0.25, 0.3) is 5.91 Å². The molecular weight excluding hydrogens is 392 g/mol. The highest BCUT2D eigenvalue weighted by atomic mass is 35.5. The molecule has 1 aliphatic rings. The summed E-state index contributed by atoms with van der Waals surface area (Å²) in [5.41, 5.74) is 8.89. The van der Waals surface area contributed by atoms with Crippen molar-refractivity contribution in [2.24, 2.45) is 5.73 Å². The first kappa shape index (κ1) is 22.7. The Morgan fingerprint density at radius 2 is 1.86 bits per heavy atom. The van der Waals surface area contributed by atoms with Crippen molar-refractivity contribution in [3.63, 3.8) is 0 Å². The summed E-state index contributed by atoms with van der Waals surface area (Å²) in [5, 5.41) is 10.4. The molecule has 2 aromatic carbocycles. The molecule has 0 aromatic heterocycles. The number of methoxy groups -OCH3 is 1. The van der Waals surface area contributed by atoms with Crippen LogP contribution >= 0.6 is 12.4 Å². The van der Waals surface area contributed by atoms with E-state index in [9.17, 15) is 4.79 Å². The highest BCUT2D eigenvalue weighted by molar-refractivity contribution is 5.94. The molecule has 1 heterocycles. The number of benzene rings is 2. The van der Waals surface area contributed by atoms with Crippen molar-refractivity contribution in [3.8, 4) is 0 Å². The van der Waals surface area contributed by atoms with E-state index < -0.39 is 6.10 Å². The number of halogens is 1. The molecule has 0 aliphatic carbocycles. The summed E-state index contributed by atoms with van der Waals surface area (Å²) in [6.45, 7) is 3.30. The van der Waals surface area contributed by atoms with Gasteiger partial charge in [-0.3, -0.25) is 10.2 Å². The van der Waals surface area contributed by atoms with E-state index in [-0.39, 0.29) is 24.1 Å². The highest BCUT2D eigenvalue weighted by Crippen LogP contribution is 2.29. The number of nitrogen functional groups attached to an aromatic ring is 1. The summed E-state index contributed by atoms with van der Waals surface area (Å²) in [6.07, 6.45) is -0.699. The average Bonchev–Trinajstić information content (AvgIpc) is 2.74. The number of rotatable bonds is 7. The van der Waals surface area contributed by atoms with E-state index in [1.165, 1.54) is 0 Å². The normalized spacial score (nSPS) is 14.6. The van der Waals surface area contributed by atoms with Crippen LogP contribution in [0.15, 0.2) is 48.5 Å². The summed E-state index contributed by atoms with van der Waals surface area (Å²) in [5.74, 6) is -0.173. The summed E-state index contributed by atoms with van der Waals surface area (Å²) < 4.78 is 11.0. The zero-order chi connectivity index (χ0) is 19.9. The smallest absolute Gasteiger partial charge is 0.254 e. The van der Waals surface area contributed by atoms with Crippen LogP contribution < -0.4 is 16.0 Å². The fourth-order valence-electron chi connectivity index (χ4n) is 3.26. The van der Waals surface area contributed by atoms with Gasteiger partial charge in [-0.05, 0) is 11.6 Å². The number of amidine groups is 1. The Morgan fingerprint density at radius 3 is 2.48 bits per heavy atom. The molecule has 4 N–H and O–H groups in total. The average molecular weight is 419 g/mol. The third-order valence-electron chi connectivity index (χ3n) is 4.78. The topological polar surface area (TPSA) is 101 Å². The molecule has 1 unspecified atom stereocenters. The second kappa shape index (κ2) is 10.8. The lowest BCUT2D eigenvalue weighted by Gasteiger charge is -2.32. The Hall–Kier alpha value is -2.61. The number of para-hydroxylation sites is 1. The number of carbonyl (C=O) groups is 1. The minimum Gasteiger partial charge on any atom is -0.384 e. The zero-order valence-corrected chi connectivity index (χ0v) is 17.2. The van der Waals surface area contributed by atoms with E-state index in [2.05, 4.69) is 10.2 Å². The molecule has 0 saturated carbocycles. The van der Waals surface area contributed by atoms with E-state index in [1.54, 1.807) is 19.2 Å². The highest BCUT2D eigenvalue weighted by Gasteiger charge is 2.25. The van der Waals surface area contributed by atoms with Crippen molar-refractivity contribution in [1.29, 1.82) is 5.41 Å². The Morgan fingerprint density at radius 1 is 1.21 bits per heavy atom. The number of hydrogen-bond acceptors (Lipinski definition) is 5. The SMILES string of the molecule is COC(C(=O)NCc1ccc(C(=N)N)cc1)c1ccccc1N1CCOCC1.Cl. The molecule has 0 spiro atoms. The number of ether oxygens (including phenoxy) is 2. The first-order valence-corrected chi connectivity index (χ1v) is 9.25. The number of anilines is 1. The molecule has 1 aliphatic heterocycles. The molecule has 156 valence electrons. The van der Waals surface area contributed by atoms with Crippen LogP contribution in [-0.2, 0) is 20.8 Å². The minimum atomic E-state index is -0.699. The van der Waals surface area contributed by atoms with Gasteiger partial charge >= 0.3 is 0 Å². The molecule has 29 heavy (non-hydrogen) atoms. The maximum absolute atomic E-state index is 12.8. The molecule has 1 fully saturated rings. The molecule has 7 nitrogen and oxygen atoms in total. The van der Waals surface area contributed by atoms with Crippen molar-refractivity contribution in [2.45, 2.75) is 12.6 Å². The van der Waals surface area contributed by atoms with Crippen LogP contribution in [0.2, 0.25) is 0 Å². The lowest BCUT2D eigenvalue weighted by molar-refractivity contribution is -0.131. The van der Waals surface area contributed by atoms with E-state index in [1.807, 2.05) is 36.4 Å². The number of amides is 1. The van der Waals surface area contributed by atoms with Gasteiger partial charge in [0.05, 0.1) is 13.2 Å². The fraction of sp³-hybridized carbons (Fsp3) is 0.333. The Labute approximate surface area is 177 Å². The molecule has 1 saturated heterocycles. The number of nitrogens with one attached hydrogen (secondary N) is 2. The number of morpholine rings is 1. The standard InChI is InChI=1S/C21H26N4O3.ClH/c1-27-19(17-4-2-3-5-18(17)25-10-12-28-13-11-25)21(26)24-14-15-6-8-16(9-7-15)20(22)23;/h2-9,19H,10-14H2,1H3,(H3,22,23)(H,24,26);1H. The largest absolute Gasteiger partial charge is 0.384 e. The second-order valence-corrected chi connectivity index (χ2v) is 6.60. The third kappa shape index (κ3) is 5.69. The summed E-state index contributed by atoms with van der Waals surface area (Å²) in [6, 6.07) is 15.1. The molecular formula is C21H27ClN4O3. The monoisotopic (exact) mass is 418 g/mol. The Kier molecular flexibility index (Phi) is 8.45. The molecule has 3 rings (SSSR count). The van der Waals surface area contributed by atoms with Gasteiger partial charge in [-0.1, -0.05) is 42.5 Å². The van der Waals surface area contributed by atoms with Crippen molar-refractivity contribution in [3.05, 3.63) is 65.2 Å². The van der Waals surface area contributed by atoms with E-state index in [4.69, 9.17) is 20.6 Å². The van der Waals surface area contributed by atoms with Crippen molar-refractivity contribution >= 4 is 29.8 Å². The van der Waals surface area contributed by atoms with E-state index in [0.717, 1.165) is 29.9 Å².